The molecule has 2 N–H and O–H groups in total. The van der Waals surface area contributed by atoms with Crippen molar-refractivity contribution >= 4 is 32.8 Å². The zero-order valence-corrected chi connectivity index (χ0v) is 13.5. The minimum Gasteiger partial charge on any atom is -0.388 e. The van der Waals surface area contributed by atoms with Crippen LogP contribution in [-0.4, -0.2) is 27.1 Å². The maximum Gasteiger partial charge on any atom is 0.269 e. The van der Waals surface area contributed by atoms with E-state index in [0.717, 1.165) is 5.69 Å². The van der Waals surface area contributed by atoms with Gasteiger partial charge in [0.1, 0.15) is 5.94 Å². The van der Waals surface area contributed by atoms with E-state index in [2.05, 4.69) is 5.32 Å². The number of hydrogen-bond donors (Lipinski definition) is 2. The second-order valence-electron chi connectivity index (χ2n) is 4.80. The molecule has 120 valence electrons. The monoisotopic (exact) mass is 339 g/mol. The smallest absolute Gasteiger partial charge is 0.269 e. The molecule has 0 aromatic heterocycles. The predicted octanol–water partition coefficient (Wildman–Crippen LogP) is 2.27. The van der Waals surface area contributed by atoms with Gasteiger partial charge in [-0.15, -0.1) is 0 Å². The molecule has 0 spiro atoms. The maximum absolute atomic E-state index is 11.5. The highest BCUT2D eigenvalue weighted by Gasteiger charge is 2.16. The first-order valence-corrected chi connectivity index (χ1v) is 8.30. The van der Waals surface area contributed by atoms with Crippen LogP contribution in [0.1, 0.15) is 11.1 Å². The van der Waals surface area contributed by atoms with Crippen LogP contribution in [0, 0.1) is 16.1 Å². The minimum absolute atomic E-state index is 0.00751. The van der Waals surface area contributed by atoms with E-state index in [4.69, 9.17) is 10.7 Å². The molecule has 0 radical (unpaired) electrons. The third kappa shape index (κ3) is 3.41. The van der Waals surface area contributed by atoms with Crippen molar-refractivity contribution in [2.24, 2.45) is 0 Å². The molecule has 2 rings (SSSR count). The summed E-state index contributed by atoms with van der Waals surface area (Å²) in [5.41, 5.74) is 1.73. The number of sulfone groups is 1. The van der Waals surface area contributed by atoms with Crippen molar-refractivity contribution in [3.05, 3.63) is 59.7 Å². The molecule has 0 saturated heterocycles. The highest BCUT2D eigenvalue weighted by atomic mass is 32.2. The van der Waals surface area contributed by atoms with Gasteiger partial charge in [0.2, 0.25) is 0 Å². The van der Waals surface area contributed by atoms with Crippen LogP contribution in [-0.2, 0) is 14.6 Å². The van der Waals surface area contributed by atoms with Gasteiger partial charge in [0.15, 0.2) is 5.40 Å². The first kappa shape index (κ1) is 17.2. The highest BCUT2D eigenvalue weighted by molar-refractivity contribution is 7.95. The van der Waals surface area contributed by atoms with Crippen molar-refractivity contribution in [2.45, 2.75) is 4.90 Å². The predicted molar refractivity (Wildman–Crippen MR) is 91.2 cm³/mol. The average Bonchev–Trinajstić information content (AvgIpc) is 2.62. The lowest BCUT2D eigenvalue weighted by Crippen LogP contribution is -2.04. The summed E-state index contributed by atoms with van der Waals surface area (Å²) in [5.74, 6) is 1.73. The van der Waals surface area contributed by atoms with E-state index in [1.807, 2.05) is 0 Å². The molecule has 0 saturated carbocycles. The zero-order chi connectivity index (χ0) is 17.7. The van der Waals surface area contributed by atoms with Gasteiger partial charge in [0.05, 0.1) is 16.2 Å². The van der Waals surface area contributed by atoms with Crippen LogP contribution in [0.25, 0.3) is 5.57 Å². The molecule has 0 bridgehead atoms. The molecule has 0 aliphatic carbocycles. The van der Waals surface area contributed by atoms with Gasteiger partial charge in [-0.1, -0.05) is 24.3 Å². The first-order chi connectivity index (χ1) is 11.4. The van der Waals surface area contributed by atoms with E-state index in [1.54, 1.807) is 37.3 Å². The SMILES string of the molecule is CNc1ccc(C(=N)C(=C=O)c2ccc(S(=O)(=O)C#N)cc2)cc1. The van der Waals surface area contributed by atoms with Crippen LogP contribution in [0.4, 0.5) is 5.69 Å². The summed E-state index contributed by atoms with van der Waals surface area (Å²) in [6.45, 7) is 0. The number of carbonyl (C=O) groups excluding carboxylic acids is 1. The quantitative estimate of drug-likeness (QED) is 0.376. The Hall–Kier alpha value is -3.20. The summed E-state index contributed by atoms with van der Waals surface area (Å²) in [7, 11) is -2.22. The number of thiocyanates is 1. The first-order valence-electron chi connectivity index (χ1n) is 6.81. The van der Waals surface area contributed by atoms with Crippen LogP contribution in [0.3, 0.4) is 0 Å². The molecule has 0 heterocycles. The van der Waals surface area contributed by atoms with Crippen LogP contribution in [0.2, 0.25) is 0 Å². The van der Waals surface area contributed by atoms with Gasteiger partial charge in [0.25, 0.3) is 9.84 Å². The van der Waals surface area contributed by atoms with Crippen molar-refractivity contribution in [1.82, 2.24) is 0 Å². The molecular weight excluding hydrogens is 326 g/mol. The Kier molecular flexibility index (Phi) is 4.95. The van der Waals surface area contributed by atoms with Crippen molar-refractivity contribution in [1.29, 1.82) is 10.7 Å². The summed E-state index contributed by atoms with van der Waals surface area (Å²) >= 11 is 0. The molecule has 2 aromatic rings. The molecule has 24 heavy (non-hydrogen) atoms. The van der Waals surface area contributed by atoms with Gasteiger partial charge < -0.3 is 5.32 Å². The molecule has 2 aromatic carbocycles. The Labute approximate surface area is 139 Å². The largest absolute Gasteiger partial charge is 0.388 e. The summed E-state index contributed by atoms with van der Waals surface area (Å²) in [4.78, 5) is 11.1. The van der Waals surface area contributed by atoms with Gasteiger partial charge in [-0.25, -0.2) is 13.2 Å². The number of nitriles is 1. The molecule has 0 atom stereocenters. The average molecular weight is 339 g/mol. The molecule has 0 fully saturated rings. The molecule has 6 nitrogen and oxygen atoms in total. The van der Waals surface area contributed by atoms with Gasteiger partial charge in [0, 0.05) is 18.3 Å². The van der Waals surface area contributed by atoms with Crippen molar-refractivity contribution in [2.75, 3.05) is 12.4 Å². The zero-order valence-electron chi connectivity index (χ0n) is 12.7. The van der Waals surface area contributed by atoms with Crippen LogP contribution in [0.5, 0.6) is 0 Å². The molecule has 0 unspecified atom stereocenters. The van der Waals surface area contributed by atoms with E-state index in [1.165, 1.54) is 29.7 Å². The Morgan fingerprint density at radius 3 is 2.04 bits per heavy atom. The standard InChI is InChI=1S/C17H13N3O3S/c1-20-14-6-2-13(3-7-14)17(19)16(10-21)12-4-8-15(9-5-12)24(22,23)11-18/h2-9,19-20H,1H3. The highest BCUT2D eigenvalue weighted by Crippen LogP contribution is 2.21. The number of anilines is 1. The fraction of sp³-hybridized carbons (Fsp3) is 0.0588. The Morgan fingerprint density at radius 2 is 1.58 bits per heavy atom. The molecule has 0 aliphatic heterocycles. The third-order valence-corrected chi connectivity index (χ3v) is 4.52. The lowest BCUT2D eigenvalue weighted by molar-refractivity contribution is 0.570. The lowest BCUT2D eigenvalue weighted by atomic mass is 9.97. The Morgan fingerprint density at radius 1 is 1.04 bits per heavy atom. The summed E-state index contributed by atoms with van der Waals surface area (Å²) in [6, 6.07) is 12.1. The van der Waals surface area contributed by atoms with Crippen LogP contribution >= 0.6 is 0 Å². The number of nitrogens with zero attached hydrogens (tertiary/aromatic N) is 1. The molecular formula is C17H13N3O3S. The Balaban J connectivity index is 2.36. The summed E-state index contributed by atoms with van der Waals surface area (Å²) in [5, 5.41) is 21.0. The number of hydrogen-bond acceptors (Lipinski definition) is 6. The third-order valence-electron chi connectivity index (χ3n) is 3.39. The molecule has 0 amide bonds. The minimum atomic E-state index is -3.99. The summed E-state index contributed by atoms with van der Waals surface area (Å²) in [6.07, 6.45) is 0. The molecule has 0 aliphatic rings. The topological polar surface area (TPSA) is 111 Å². The fourth-order valence-electron chi connectivity index (χ4n) is 2.06. The van der Waals surface area contributed by atoms with E-state index in [0.29, 0.717) is 11.1 Å². The lowest BCUT2D eigenvalue weighted by Gasteiger charge is -2.08. The second kappa shape index (κ2) is 6.92. The normalized spacial score (nSPS) is 10.3. The Bertz CT molecular complexity index is 963. The summed E-state index contributed by atoms with van der Waals surface area (Å²) < 4.78 is 22.9. The second-order valence-corrected chi connectivity index (χ2v) is 6.46. The van der Waals surface area contributed by atoms with Crippen molar-refractivity contribution in [3.8, 4) is 5.40 Å². The number of rotatable bonds is 5. The number of benzene rings is 2. The van der Waals surface area contributed by atoms with Gasteiger partial charge in [-0.3, -0.25) is 5.41 Å². The fourth-order valence-corrected chi connectivity index (χ4v) is 2.66. The van der Waals surface area contributed by atoms with Crippen LogP contribution in [0.15, 0.2) is 53.4 Å². The molecule has 7 heteroatoms. The number of allylic oxidation sites excluding steroid dienone is 1. The van der Waals surface area contributed by atoms with E-state index >= 15 is 0 Å². The van der Waals surface area contributed by atoms with Gasteiger partial charge in [-0.05, 0) is 29.8 Å². The van der Waals surface area contributed by atoms with E-state index in [9.17, 15) is 13.2 Å². The van der Waals surface area contributed by atoms with E-state index in [-0.39, 0.29) is 16.2 Å². The maximum atomic E-state index is 11.5. The van der Waals surface area contributed by atoms with Crippen molar-refractivity contribution in [3.63, 3.8) is 0 Å². The van der Waals surface area contributed by atoms with E-state index < -0.39 is 9.84 Å². The van der Waals surface area contributed by atoms with Crippen LogP contribution < -0.4 is 5.32 Å². The van der Waals surface area contributed by atoms with Gasteiger partial charge >= 0.3 is 0 Å². The number of nitrogens with one attached hydrogen (secondary N) is 2. The van der Waals surface area contributed by atoms with Gasteiger partial charge in [-0.2, -0.15) is 5.26 Å². The van der Waals surface area contributed by atoms with Crippen molar-refractivity contribution < 1.29 is 13.2 Å².